The minimum Gasteiger partial charge on any atom is -0.382 e. The van der Waals surface area contributed by atoms with Crippen LogP contribution in [0.25, 0.3) is 0 Å². The Morgan fingerprint density at radius 2 is 1.60 bits per heavy atom. The van der Waals surface area contributed by atoms with Crippen LogP contribution in [-0.4, -0.2) is 20.7 Å². The van der Waals surface area contributed by atoms with Crippen LogP contribution in [0, 0.1) is 5.92 Å². The van der Waals surface area contributed by atoms with Crippen LogP contribution in [-0.2, 0) is 10.0 Å². The fourth-order valence-electron chi connectivity index (χ4n) is 2.06. The maximum absolute atomic E-state index is 11.1. The van der Waals surface area contributed by atoms with Gasteiger partial charge in [-0.25, -0.2) is 8.42 Å². The van der Waals surface area contributed by atoms with Crippen LogP contribution in [0.3, 0.4) is 0 Å². The van der Waals surface area contributed by atoms with Crippen molar-refractivity contribution in [3.8, 4) is 0 Å². The fraction of sp³-hybridized carbons (Fsp3) is 0.600. The number of rotatable bonds is 8. The van der Waals surface area contributed by atoms with Gasteiger partial charge in [-0.2, -0.15) is 0 Å². The first-order chi connectivity index (χ1) is 9.34. The van der Waals surface area contributed by atoms with Gasteiger partial charge in [0.25, 0.3) is 0 Å². The zero-order chi connectivity index (χ0) is 15.2. The lowest BCUT2D eigenvalue weighted by atomic mass is 9.97. The standard InChI is InChI=1S/C15H26N2O2S/c1-5-12(3)11-13(6-2)16-14-7-9-15(10-8-14)17-20(4,18)19/h7-10,12-13,16-17H,5-6,11H2,1-4H3. The van der Waals surface area contributed by atoms with E-state index >= 15 is 0 Å². The summed E-state index contributed by atoms with van der Waals surface area (Å²) in [6, 6.07) is 7.83. The first-order valence-corrected chi connectivity index (χ1v) is 9.07. The lowest BCUT2D eigenvalue weighted by molar-refractivity contribution is 0.462. The number of nitrogens with one attached hydrogen (secondary N) is 2. The molecule has 0 amide bonds. The Hall–Kier alpha value is -1.23. The molecule has 20 heavy (non-hydrogen) atoms. The van der Waals surface area contributed by atoms with E-state index in [4.69, 9.17) is 0 Å². The van der Waals surface area contributed by atoms with Gasteiger partial charge in [-0.05, 0) is 43.0 Å². The molecule has 2 N–H and O–H groups in total. The summed E-state index contributed by atoms with van der Waals surface area (Å²) in [6.07, 6.45) is 4.57. The second kappa shape index (κ2) is 7.53. The van der Waals surface area contributed by atoms with Gasteiger partial charge < -0.3 is 5.32 Å². The Morgan fingerprint density at radius 1 is 1.05 bits per heavy atom. The Morgan fingerprint density at radius 3 is 2.05 bits per heavy atom. The van der Waals surface area contributed by atoms with E-state index in [1.54, 1.807) is 12.1 Å². The molecular formula is C15H26N2O2S. The maximum Gasteiger partial charge on any atom is 0.229 e. The van der Waals surface area contributed by atoms with Crippen molar-refractivity contribution in [3.05, 3.63) is 24.3 Å². The van der Waals surface area contributed by atoms with Crippen molar-refractivity contribution in [2.75, 3.05) is 16.3 Å². The predicted molar refractivity (Wildman–Crippen MR) is 86.7 cm³/mol. The molecule has 0 aliphatic carbocycles. The van der Waals surface area contributed by atoms with E-state index in [1.165, 1.54) is 6.42 Å². The van der Waals surface area contributed by atoms with Crippen molar-refractivity contribution in [3.63, 3.8) is 0 Å². The first-order valence-electron chi connectivity index (χ1n) is 7.18. The van der Waals surface area contributed by atoms with Crippen molar-refractivity contribution in [2.24, 2.45) is 5.92 Å². The van der Waals surface area contributed by atoms with E-state index in [0.717, 1.165) is 24.8 Å². The van der Waals surface area contributed by atoms with Crippen LogP contribution >= 0.6 is 0 Å². The zero-order valence-corrected chi connectivity index (χ0v) is 13.6. The van der Waals surface area contributed by atoms with E-state index in [9.17, 15) is 8.42 Å². The second-order valence-corrected chi connectivity index (χ2v) is 7.20. The van der Waals surface area contributed by atoms with Crippen molar-refractivity contribution >= 4 is 21.4 Å². The summed E-state index contributed by atoms with van der Waals surface area (Å²) < 4.78 is 24.7. The molecule has 1 aromatic rings. The molecule has 0 aromatic heterocycles. The third kappa shape index (κ3) is 6.28. The topological polar surface area (TPSA) is 58.2 Å². The Bertz CT molecular complexity index is 497. The Balaban J connectivity index is 2.64. The molecule has 114 valence electrons. The largest absolute Gasteiger partial charge is 0.382 e. The van der Waals surface area contributed by atoms with Crippen LogP contribution in [0.15, 0.2) is 24.3 Å². The number of hydrogen-bond donors (Lipinski definition) is 2. The molecule has 2 unspecified atom stereocenters. The van der Waals surface area contributed by atoms with Gasteiger partial charge in [0.2, 0.25) is 10.0 Å². The van der Waals surface area contributed by atoms with E-state index in [0.29, 0.717) is 17.6 Å². The Kier molecular flexibility index (Phi) is 6.33. The van der Waals surface area contributed by atoms with Crippen molar-refractivity contribution in [2.45, 2.75) is 46.1 Å². The summed E-state index contributed by atoms with van der Waals surface area (Å²) in [5, 5.41) is 3.51. The number of anilines is 2. The number of benzene rings is 1. The van der Waals surface area contributed by atoms with Gasteiger partial charge in [-0.15, -0.1) is 0 Å². The number of hydrogen-bond acceptors (Lipinski definition) is 3. The summed E-state index contributed by atoms with van der Waals surface area (Å²) in [5.74, 6) is 0.707. The highest BCUT2D eigenvalue weighted by Crippen LogP contribution is 2.19. The van der Waals surface area contributed by atoms with E-state index in [2.05, 4.69) is 30.8 Å². The molecule has 0 heterocycles. The van der Waals surface area contributed by atoms with Gasteiger partial charge in [-0.3, -0.25) is 4.72 Å². The smallest absolute Gasteiger partial charge is 0.229 e. The quantitative estimate of drug-likeness (QED) is 0.769. The zero-order valence-electron chi connectivity index (χ0n) is 12.8. The minimum absolute atomic E-state index is 0.457. The summed E-state index contributed by atoms with van der Waals surface area (Å²) in [6.45, 7) is 6.66. The van der Waals surface area contributed by atoms with Crippen LogP contribution in [0.4, 0.5) is 11.4 Å². The summed E-state index contributed by atoms with van der Waals surface area (Å²) >= 11 is 0. The van der Waals surface area contributed by atoms with Gasteiger partial charge in [0.15, 0.2) is 0 Å². The minimum atomic E-state index is -3.21. The molecule has 0 fully saturated rings. The molecule has 0 saturated carbocycles. The highest BCUT2D eigenvalue weighted by molar-refractivity contribution is 7.92. The number of sulfonamides is 1. The van der Waals surface area contributed by atoms with Crippen molar-refractivity contribution < 1.29 is 8.42 Å². The molecular weight excluding hydrogens is 272 g/mol. The summed E-state index contributed by atoms with van der Waals surface area (Å²) in [4.78, 5) is 0. The van der Waals surface area contributed by atoms with E-state index in [-0.39, 0.29) is 0 Å². The van der Waals surface area contributed by atoms with Crippen LogP contribution < -0.4 is 10.0 Å². The normalized spacial score (nSPS) is 14.6. The van der Waals surface area contributed by atoms with Gasteiger partial charge in [-0.1, -0.05) is 27.2 Å². The lowest BCUT2D eigenvalue weighted by Crippen LogP contribution is -2.21. The van der Waals surface area contributed by atoms with Gasteiger partial charge in [0.1, 0.15) is 0 Å². The molecule has 1 rings (SSSR count). The highest BCUT2D eigenvalue weighted by atomic mass is 32.2. The molecule has 0 aliphatic heterocycles. The van der Waals surface area contributed by atoms with E-state index in [1.807, 2.05) is 12.1 Å². The summed E-state index contributed by atoms with van der Waals surface area (Å²) in [5.41, 5.74) is 1.62. The third-order valence-electron chi connectivity index (χ3n) is 3.44. The summed E-state index contributed by atoms with van der Waals surface area (Å²) in [7, 11) is -3.21. The second-order valence-electron chi connectivity index (χ2n) is 5.45. The third-order valence-corrected chi connectivity index (χ3v) is 4.04. The Labute approximate surface area is 123 Å². The SMILES string of the molecule is CCC(C)CC(CC)Nc1ccc(NS(C)(=O)=O)cc1. The lowest BCUT2D eigenvalue weighted by Gasteiger charge is -2.21. The average molecular weight is 298 g/mol. The highest BCUT2D eigenvalue weighted by Gasteiger charge is 2.10. The van der Waals surface area contributed by atoms with Crippen LogP contribution in [0.1, 0.15) is 40.0 Å². The molecule has 0 spiro atoms. The molecule has 1 aromatic carbocycles. The van der Waals surface area contributed by atoms with Crippen LogP contribution in [0.2, 0.25) is 0 Å². The molecule has 0 bridgehead atoms. The van der Waals surface area contributed by atoms with Gasteiger partial charge >= 0.3 is 0 Å². The molecule has 0 radical (unpaired) electrons. The molecule has 5 heteroatoms. The monoisotopic (exact) mass is 298 g/mol. The molecule has 0 aliphatic rings. The van der Waals surface area contributed by atoms with Crippen molar-refractivity contribution in [1.82, 2.24) is 0 Å². The first kappa shape index (κ1) is 16.8. The molecule has 2 atom stereocenters. The molecule has 0 saturated heterocycles. The van der Waals surface area contributed by atoms with Crippen LogP contribution in [0.5, 0.6) is 0 Å². The van der Waals surface area contributed by atoms with Gasteiger partial charge in [0.05, 0.1) is 6.26 Å². The van der Waals surface area contributed by atoms with Gasteiger partial charge in [0, 0.05) is 17.4 Å². The fourth-order valence-corrected chi connectivity index (χ4v) is 2.63. The predicted octanol–water partition coefficient (Wildman–Crippen LogP) is 3.68. The van der Waals surface area contributed by atoms with E-state index < -0.39 is 10.0 Å². The molecule has 4 nitrogen and oxygen atoms in total. The van der Waals surface area contributed by atoms with Crippen molar-refractivity contribution in [1.29, 1.82) is 0 Å². The maximum atomic E-state index is 11.1. The average Bonchev–Trinajstić information content (AvgIpc) is 2.38.